The van der Waals surface area contributed by atoms with Crippen LogP contribution in [0.5, 0.6) is 11.5 Å². The van der Waals surface area contributed by atoms with Crippen molar-refractivity contribution >= 4 is 29.4 Å². The molecule has 1 atom stereocenters. The number of rotatable bonds is 5. The van der Waals surface area contributed by atoms with E-state index >= 15 is 0 Å². The summed E-state index contributed by atoms with van der Waals surface area (Å²) in [5, 5.41) is 8.77. The van der Waals surface area contributed by atoms with E-state index in [0.717, 1.165) is 29.6 Å². The molecule has 7 nitrogen and oxygen atoms in total. The summed E-state index contributed by atoms with van der Waals surface area (Å²) in [5.41, 5.74) is 14.0. The second-order valence-electron chi connectivity index (χ2n) is 7.63. The van der Waals surface area contributed by atoms with Gasteiger partial charge in [-0.3, -0.25) is 4.79 Å². The number of nitrogens with two attached hydrogens (primary N) is 2. The van der Waals surface area contributed by atoms with Gasteiger partial charge in [0, 0.05) is 22.8 Å². The number of fused-ring (bicyclic) bond motifs is 1. The average molecular weight is 476 g/mol. The van der Waals surface area contributed by atoms with E-state index in [2.05, 4.69) is 11.1 Å². The van der Waals surface area contributed by atoms with Crippen LogP contribution in [-0.2, 0) is 0 Å². The average Bonchev–Trinajstić information content (AvgIpc) is 3.27. The zero-order valence-electron chi connectivity index (χ0n) is 18.7. The van der Waals surface area contributed by atoms with Gasteiger partial charge in [0.05, 0.1) is 11.6 Å². The van der Waals surface area contributed by atoms with E-state index in [1.807, 2.05) is 65.3 Å². The van der Waals surface area contributed by atoms with Gasteiger partial charge in [0.25, 0.3) is 0 Å². The van der Waals surface area contributed by atoms with Gasteiger partial charge in [-0.15, -0.1) is 0 Å². The van der Waals surface area contributed by atoms with Crippen LogP contribution in [0.15, 0.2) is 72.8 Å². The highest BCUT2D eigenvalue weighted by Gasteiger charge is 2.29. The third-order valence-electron chi connectivity index (χ3n) is 5.56. The van der Waals surface area contributed by atoms with Crippen molar-refractivity contribution in [1.82, 2.24) is 9.78 Å². The lowest BCUT2D eigenvalue weighted by molar-refractivity contribution is 0.112. The first kappa shape index (κ1) is 23.4. The number of aromatic nitrogens is 2. The van der Waals surface area contributed by atoms with Crippen molar-refractivity contribution in [2.45, 2.75) is 12.5 Å². The van der Waals surface area contributed by atoms with Gasteiger partial charge in [-0.1, -0.05) is 29.8 Å². The Morgan fingerprint density at radius 1 is 1.06 bits per heavy atom. The fourth-order valence-corrected chi connectivity index (χ4v) is 4.28. The summed E-state index contributed by atoms with van der Waals surface area (Å²) < 4.78 is 7.72. The van der Waals surface area contributed by atoms with Crippen LogP contribution in [0, 0.1) is 0 Å². The van der Waals surface area contributed by atoms with E-state index in [1.165, 1.54) is 7.05 Å². The van der Waals surface area contributed by atoms with E-state index in [-0.39, 0.29) is 6.04 Å². The van der Waals surface area contributed by atoms with Crippen LogP contribution in [0.2, 0.25) is 5.02 Å². The maximum Gasteiger partial charge on any atom is 0.156 e. The number of hydrogen-bond donors (Lipinski definition) is 3. The third kappa shape index (κ3) is 4.62. The highest BCUT2D eigenvalue weighted by atomic mass is 35.5. The molecule has 1 aliphatic rings. The summed E-state index contributed by atoms with van der Waals surface area (Å²) in [6, 6.07) is 22.5. The predicted molar refractivity (Wildman–Crippen MR) is 137 cm³/mol. The number of nitrogens with zero attached hydrogens (tertiary/aromatic N) is 2. The monoisotopic (exact) mass is 475 g/mol. The lowest BCUT2D eigenvalue weighted by atomic mass is 10.0. The SMILES string of the molecule is CN.Nc1ccc(Cl)c(C2CCNc3c(C=O)c(-c4ccc(Oc5ccccc5)cc4)nn32)c1. The van der Waals surface area contributed by atoms with Crippen molar-refractivity contribution in [1.29, 1.82) is 0 Å². The van der Waals surface area contributed by atoms with Gasteiger partial charge in [0.15, 0.2) is 6.29 Å². The van der Waals surface area contributed by atoms with Gasteiger partial charge >= 0.3 is 0 Å². The maximum atomic E-state index is 12.0. The van der Waals surface area contributed by atoms with Crippen LogP contribution in [0.25, 0.3) is 11.3 Å². The molecule has 0 amide bonds. The molecule has 1 unspecified atom stereocenters. The van der Waals surface area contributed by atoms with Crippen LogP contribution >= 0.6 is 11.6 Å². The van der Waals surface area contributed by atoms with Crippen LogP contribution in [0.1, 0.15) is 28.4 Å². The summed E-state index contributed by atoms with van der Waals surface area (Å²) in [5.74, 6) is 2.16. The molecule has 174 valence electrons. The fourth-order valence-electron chi connectivity index (χ4n) is 4.03. The second kappa shape index (κ2) is 10.4. The van der Waals surface area contributed by atoms with Crippen LogP contribution < -0.4 is 21.5 Å². The van der Waals surface area contributed by atoms with Crippen molar-refractivity contribution in [3.05, 3.63) is 88.9 Å². The number of halogens is 1. The Morgan fingerprint density at radius 3 is 2.47 bits per heavy atom. The van der Waals surface area contributed by atoms with Crippen molar-refractivity contribution in [3.8, 4) is 22.8 Å². The topological polar surface area (TPSA) is 108 Å². The number of aldehydes is 1. The van der Waals surface area contributed by atoms with Crippen LogP contribution in [-0.4, -0.2) is 29.7 Å². The number of ether oxygens (including phenoxy) is 1. The molecular formula is C26H26ClN5O2. The molecule has 0 radical (unpaired) electrons. The van der Waals surface area contributed by atoms with E-state index in [1.54, 1.807) is 12.1 Å². The Bertz CT molecular complexity index is 1270. The van der Waals surface area contributed by atoms with Gasteiger partial charge in [0.2, 0.25) is 0 Å². The predicted octanol–water partition coefficient (Wildman–Crippen LogP) is 5.37. The molecule has 0 spiro atoms. The molecule has 8 heteroatoms. The third-order valence-corrected chi connectivity index (χ3v) is 5.90. The number of hydrogen-bond acceptors (Lipinski definition) is 6. The van der Waals surface area contributed by atoms with Gasteiger partial charge < -0.3 is 21.5 Å². The molecule has 3 aromatic carbocycles. The lowest BCUT2D eigenvalue weighted by Crippen LogP contribution is -2.25. The first-order chi connectivity index (χ1) is 16.6. The quantitative estimate of drug-likeness (QED) is 0.264. The Kier molecular flexibility index (Phi) is 7.15. The molecule has 0 aliphatic carbocycles. The Hall–Kier alpha value is -3.81. The summed E-state index contributed by atoms with van der Waals surface area (Å²) in [4.78, 5) is 12.0. The van der Waals surface area contributed by atoms with Gasteiger partial charge in [-0.25, -0.2) is 4.68 Å². The zero-order chi connectivity index (χ0) is 24.1. The van der Waals surface area contributed by atoms with Crippen molar-refractivity contribution < 1.29 is 9.53 Å². The molecule has 5 N–H and O–H groups in total. The minimum atomic E-state index is -0.115. The first-order valence-corrected chi connectivity index (χ1v) is 11.3. The van der Waals surface area contributed by atoms with Crippen molar-refractivity contribution in [2.75, 3.05) is 24.6 Å². The highest BCUT2D eigenvalue weighted by molar-refractivity contribution is 6.31. The highest BCUT2D eigenvalue weighted by Crippen LogP contribution is 2.39. The number of nitrogen functional groups attached to an aromatic ring is 1. The fraction of sp³-hybridized carbons (Fsp3) is 0.154. The molecule has 1 aromatic heterocycles. The van der Waals surface area contributed by atoms with Crippen molar-refractivity contribution in [3.63, 3.8) is 0 Å². The second-order valence-corrected chi connectivity index (χ2v) is 8.03. The molecule has 0 saturated carbocycles. The summed E-state index contributed by atoms with van der Waals surface area (Å²) in [7, 11) is 1.50. The minimum Gasteiger partial charge on any atom is -0.457 e. The zero-order valence-corrected chi connectivity index (χ0v) is 19.5. The van der Waals surface area contributed by atoms with E-state index in [9.17, 15) is 4.79 Å². The largest absolute Gasteiger partial charge is 0.457 e. The number of carbonyl (C=O) groups is 1. The molecule has 0 saturated heterocycles. The molecule has 4 aromatic rings. The number of benzene rings is 3. The minimum absolute atomic E-state index is 0.115. The standard InChI is InChI=1S/C25H21ClN4O2.CH5N/c26-22-11-8-17(27)14-20(22)23-12-13-28-25-21(15-31)24(29-30(23)25)16-6-9-19(10-7-16)32-18-4-2-1-3-5-18;1-2/h1-11,14-15,23,28H,12-13,27H2;2H2,1H3. The Labute approximate surface area is 203 Å². The molecule has 0 fully saturated rings. The smallest absolute Gasteiger partial charge is 0.156 e. The summed E-state index contributed by atoms with van der Waals surface area (Å²) >= 11 is 6.48. The first-order valence-electron chi connectivity index (χ1n) is 10.9. The van der Waals surface area contributed by atoms with Crippen LogP contribution in [0.3, 0.4) is 0 Å². The number of anilines is 2. The molecule has 0 bridgehead atoms. The molecule has 34 heavy (non-hydrogen) atoms. The normalized spacial score (nSPS) is 14.3. The van der Waals surface area contributed by atoms with Crippen LogP contribution in [0.4, 0.5) is 11.5 Å². The van der Waals surface area contributed by atoms with E-state index < -0.39 is 0 Å². The molecule has 2 heterocycles. The number of nitrogens with one attached hydrogen (secondary N) is 1. The summed E-state index contributed by atoms with van der Waals surface area (Å²) in [6.07, 6.45) is 1.62. The van der Waals surface area contributed by atoms with Gasteiger partial charge in [-0.05, 0) is 73.6 Å². The van der Waals surface area contributed by atoms with Crippen molar-refractivity contribution in [2.24, 2.45) is 5.73 Å². The molecular weight excluding hydrogens is 450 g/mol. The Morgan fingerprint density at radius 2 is 1.76 bits per heavy atom. The van der Waals surface area contributed by atoms with E-state index in [4.69, 9.17) is 27.2 Å². The van der Waals surface area contributed by atoms with Gasteiger partial charge in [0.1, 0.15) is 23.0 Å². The van der Waals surface area contributed by atoms with E-state index in [0.29, 0.717) is 40.1 Å². The van der Waals surface area contributed by atoms with Gasteiger partial charge in [-0.2, -0.15) is 5.10 Å². The number of carbonyl (C=O) groups excluding carboxylic acids is 1. The maximum absolute atomic E-state index is 12.0. The molecule has 1 aliphatic heterocycles. The number of para-hydroxylation sites is 1. The molecule has 5 rings (SSSR count). The lowest BCUT2D eigenvalue weighted by Gasteiger charge is -2.27. The Balaban J connectivity index is 0.00000133. The summed E-state index contributed by atoms with van der Waals surface area (Å²) in [6.45, 7) is 0.700.